The zero-order valence-electron chi connectivity index (χ0n) is 23.7. The molecule has 3 aromatic carbocycles. The number of carbonyl (C=O) groups is 2. The summed E-state index contributed by atoms with van der Waals surface area (Å²) in [6.45, 7) is 4.65. The van der Waals surface area contributed by atoms with Gasteiger partial charge in [-0.25, -0.2) is 8.42 Å². The van der Waals surface area contributed by atoms with Gasteiger partial charge in [0.1, 0.15) is 12.6 Å². The fourth-order valence-corrected chi connectivity index (χ4v) is 7.23. The minimum atomic E-state index is -4.19. The van der Waals surface area contributed by atoms with E-state index in [0.29, 0.717) is 31.9 Å². The van der Waals surface area contributed by atoms with Crippen LogP contribution in [0.4, 0.5) is 5.69 Å². The number of nitrogens with zero attached hydrogens (tertiary/aromatic N) is 2. The van der Waals surface area contributed by atoms with Crippen LogP contribution in [-0.2, 0) is 26.2 Å². The van der Waals surface area contributed by atoms with Gasteiger partial charge in [0.05, 0.1) is 10.6 Å². The average molecular weight is 651 g/mol. The first-order valence-electron chi connectivity index (χ1n) is 13.8. The maximum absolute atomic E-state index is 14.1. The summed E-state index contributed by atoms with van der Waals surface area (Å²) in [5.74, 6) is -0.879. The highest BCUT2D eigenvalue weighted by molar-refractivity contribution is 7.92. The van der Waals surface area contributed by atoms with Crippen LogP contribution < -0.4 is 9.62 Å². The Morgan fingerprint density at radius 3 is 2.17 bits per heavy atom. The Hall–Kier alpha value is -2.78. The molecule has 3 aromatic rings. The van der Waals surface area contributed by atoms with Crippen LogP contribution in [-0.4, -0.2) is 43.8 Å². The molecule has 224 valence electrons. The van der Waals surface area contributed by atoms with Crippen LogP contribution in [0, 0.1) is 13.8 Å². The molecular formula is C31H34Cl3N3O4S. The summed E-state index contributed by atoms with van der Waals surface area (Å²) >= 11 is 18.7. The van der Waals surface area contributed by atoms with E-state index in [0.717, 1.165) is 35.6 Å². The fraction of sp³-hybridized carbons (Fsp3) is 0.355. The molecule has 1 atom stereocenters. The minimum Gasteiger partial charge on any atom is -0.352 e. The van der Waals surface area contributed by atoms with Crippen LogP contribution in [0.25, 0.3) is 0 Å². The first-order chi connectivity index (χ1) is 19.9. The van der Waals surface area contributed by atoms with Gasteiger partial charge in [-0.3, -0.25) is 13.9 Å². The Morgan fingerprint density at radius 2 is 1.55 bits per heavy atom. The van der Waals surface area contributed by atoms with Gasteiger partial charge >= 0.3 is 0 Å². The monoisotopic (exact) mass is 649 g/mol. The van der Waals surface area contributed by atoms with Crippen LogP contribution in [0.15, 0.2) is 65.6 Å². The molecule has 0 bridgehead atoms. The number of rotatable bonds is 10. The zero-order valence-corrected chi connectivity index (χ0v) is 26.8. The maximum atomic E-state index is 14.1. The van der Waals surface area contributed by atoms with Crippen molar-refractivity contribution in [2.75, 3.05) is 10.8 Å². The third-order valence-electron chi connectivity index (χ3n) is 7.54. The summed E-state index contributed by atoms with van der Waals surface area (Å²) in [6, 6.07) is 15.3. The van der Waals surface area contributed by atoms with Crippen molar-refractivity contribution in [1.29, 1.82) is 0 Å². The van der Waals surface area contributed by atoms with Gasteiger partial charge in [-0.15, -0.1) is 0 Å². The summed E-state index contributed by atoms with van der Waals surface area (Å²) in [6.07, 6.45) is 3.84. The normalized spacial score (nSPS) is 14.4. The van der Waals surface area contributed by atoms with E-state index in [1.165, 1.54) is 17.0 Å². The molecule has 1 fully saturated rings. The molecule has 0 aliphatic heterocycles. The van der Waals surface area contributed by atoms with E-state index < -0.39 is 28.5 Å². The number of halogens is 3. The van der Waals surface area contributed by atoms with E-state index in [1.807, 2.05) is 6.92 Å². The third-order valence-corrected chi connectivity index (χ3v) is 10.1. The molecule has 1 saturated carbocycles. The number of hydrogen-bond acceptors (Lipinski definition) is 4. The van der Waals surface area contributed by atoms with Crippen molar-refractivity contribution < 1.29 is 18.0 Å². The van der Waals surface area contributed by atoms with Gasteiger partial charge in [-0.05, 0) is 87.2 Å². The smallest absolute Gasteiger partial charge is 0.264 e. The van der Waals surface area contributed by atoms with E-state index in [-0.39, 0.29) is 23.4 Å². The Morgan fingerprint density at radius 1 is 0.929 bits per heavy atom. The lowest BCUT2D eigenvalue weighted by Gasteiger charge is -2.33. The maximum Gasteiger partial charge on any atom is 0.264 e. The van der Waals surface area contributed by atoms with Gasteiger partial charge in [0, 0.05) is 27.7 Å². The van der Waals surface area contributed by atoms with Crippen molar-refractivity contribution >= 4 is 62.3 Å². The average Bonchev–Trinajstić information content (AvgIpc) is 3.44. The molecular weight excluding hydrogens is 617 g/mol. The Bertz CT molecular complexity index is 1560. The van der Waals surface area contributed by atoms with Crippen LogP contribution in [0.1, 0.15) is 49.3 Å². The van der Waals surface area contributed by atoms with Crippen LogP contribution in [0.2, 0.25) is 15.1 Å². The number of nitrogens with one attached hydrogen (secondary N) is 1. The predicted molar refractivity (Wildman–Crippen MR) is 169 cm³/mol. The summed E-state index contributed by atoms with van der Waals surface area (Å²) in [7, 11) is -4.19. The third kappa shape index (κ3) is 7.59. The van der Waals surface area contributed by atoms with Crippen LogP contribution in [0.3, 0.4) is 0 Å². The second-order valence-corrected chi connectivity index (χ2v) is 13.8. The first kappa shape index (κ1) is 32.1. The number of hydrogen-bond donors (Lipinski definition) is 1. The van der Waals surface area contributed by atoms with Crippen molar-refractivity contribution in [2.24, 2.45) is 0 Å². The van der Waals surface area contributed by atoms with Crippen molar-refractivity contribution in [3.8, 4) is 0 Å². The van der Waals surface area contributed by atoms with Gasteiger partial charge in [-0.1, -0.05) is 71.4 Å². The highest BCUT2D eigenvalue weighted by Crippen LogP contribution is 2.30. The van der Waals surface area contributed by atoms with E-state index in [1.54, 1.807) is 62.4 Å². The Balaban J connectivity index is 1.73. The summed E-state index contributed by atoms with van der Waals surface area (Å²) in [5, 5.41) is 4.26. The van der Waals surface area contributed by atoms with Crippen LogP contribution >= 0.6 is 34.8 Å². The number of amides is 2. The number of carbonyl (C=O) groups excluding carboxylic acids is 2. The van der Waals surface area contributed by atoms with Gasteiger partial charge in [0.15, 0.2) is 0 Å². The molecule has 0 spiro atoms. The van der Waals surface area contributed by atoms with Crippen molar-refractivity contribution in [1.82, 2.24) is 10.2 Å². The standard InChI is InChI=1S/C31H34Cl3N3O4S/c1-20-8-13-27(14-9-20)42(40,41)37(29-15-12-24(32)16-21(29)2)19-30(38)36(18-23-10-11-25(33)17-28(23)34)22(3)31(39)35-26-6-4-5-7-26/h8-17,22,26H,4-7,18-19H2,1-3H3,(H,35,39). The van der Waals surface area contributed by atoms with Gasteiger partial charge in [-0.2, -0.15) is 0 Å². The molecule has 0 aromatic heterocycles. The van der Waals surface area contributed by atoms with Gasteiger partial charge in [0.25, 0.3) is 10.0 Å². The summed E-state index contributed by atoms with van der Waals surface area (Å²) in [4.78, 5) is 28.9. The lowest BCUT2D eigenvalue weighted by molar-refractivity contribution is -0.139. The number of benzene rings is 3. The van der Waals surface area contributed by atoms with Gasteiger partial charge in [0.2, 0.25) is 11.8 Å². The molecule has 1 aliphatic rings. The molecule has 1 N–H and O–H groups in total. The molecule has 1 unspecified atom stereocenters. The summed E-state index contributed by atoms with van der Waals surface area (Å²) < 4.78 is 29.1. The second kappa shape index (κ2) is 13.7. The molecule has 1 aliphatic carbocycles. The fourth-order valence-electron chi connectivity index (χ4n) is 5.06. The summed E-state index contributed by atoms with van der Waals surface area (Å²) in [5.41, 5.74) is 2.35. The van der Waals surface area contributed by atoms with E-state index in [9.17, 15) is 18.0 Å². The molecule has 0 saturated heterocycles. The van der Waals surface area contributed by atoms with E-state index in [2.05, 4.69) is 5.32 Å². The highest BCUT2D eigenvalue weighted by Gasteiger charge is 2.34. The number of sulfonamides is 1. The lowest BCUT2D eigenvalue weighted by atomic mass is 10.1. The SMILES string of the molecule is Cc1ccc(S(=O)(=O)N(CC(=O)N(Cc2ccc(Cl)cc2Cl)C(C)C(=O)NC2CCCC2)c2ccc(Cl)cc2C)cc1. The van der Waals surface area contributed by atoms with Crippen LogP contribution in [0.5, 0.6) is 0 Å². The predicted octanol–water partition coefficient (Wildman–Crippen LogP) is 6.94. The molecule has 0 radical (unpaired) electrons. The van der Waals surface area contributed by atoms with Crippen molar-refractivity contribution in [3.63, 3.8) is 0 Å². The van der Waals surface area contributed by atoms with Crippen molar-refractivity contribution in [3.05, 3.63) is 92.4 Å². The Labute approximate surface area is 262 Å². The van der Waals surface area contributed by atoms with E-state index in [4.69, 9.17) is 34.8 Å². The number of aryl methyl sites for hydroxylation is 2. The molecule has 2 amide bonds. The Kier molecular flexibility index (Phi) is 10.5. The van der Waals surface area contributed by atoms with Crippen molar-refractivity contribution in [2.45, 2.75) is 70.0 Å². The first-order valence-corrected chi connectivity index (χ1v) is 16.3. The highest BCUT2D eigenvalue weighted by atomic mass is 35.5. The largest absolute Gasteiger partial charge is 0.352 e. The number of anilines is 1. The topological polar surface area (TPSA) is 86.8 Å². The lowest BCUT2D eigenvalue weighted by Crippen LogP contribution is -2.52. The zero-order chi connectivity index (χ0) is 30.6. The molecule has 7 nitrogen and oxygen atoms in total. The second-order valence-electron chi connectivity index (χ2n) is 10.7. The molecule has 4 rings (SSSR count). The molecule has 0 heterocycles. The van der Waals surface area contributed by atoms with E-state index >= 15 is 0 Å². The quantitative estimate of drug-likeness (QED) is 0.258. The minimum absolute atomic E-state index is 0.0217. The van der Waals surface area contributed by atoms with Gasteiger partial charge < -0.3 is 10.2 Å². The molecule has 42 heavy (non-hydrogen) atoms. The molecule has 11 heteroatoms.